The topological polar surface area (TPSA) is 35.6 Å². The third-order valence-electron chi connectivity index (χ3n) is 4.24. The number of likely N-dealkylation sites (tertiary alicyclic amines) is 1. The van der Waals surface area contributed by atoms with Crippen molar-refractivity contribution in [2.24, 2.45) is 0 Å². The summed E-state index contributed by atoms with van der Waals surface area (Å²) in [5.74, 6) is 0.0447. The number of piperidine rings is 1. The second-order valence-corrected chi connectivity index (χ2v) is 6.32. The summed E-state index contributed by atoms with van der Waals surface area (Å²) in [7, 11) is 4.00. The number of carbonyl (C=O) groups excluding carboxylic acids is 1. The Balaban J connectivity index is 1.87. The van der Waals surface area contributed by atoms with Crippen molar-refractivity contribution in [1.29, 1.82) is 0 Å². The van der Waals surface area contributed by atoms with E-state index >= 15 is 0 Å². The Morgan fingerprint density at radius 2 is 1.76 bits per heavy atom. The van der Waals surface area contributed by atoms with Crippen LogP contribution in [0.1, 0.15) is 37.0 Å². The average molecular weight is 289 g/mol. The maximum atomic E-state index is 12.3. The van der Waals surface area contributed by atoms with Crippen LogP contribution in [-0.2, 0) is 0 Å². The smallest absolute Gasteiger partial charge is 0.251 e. The van der Waals surface area contributed by atoms with Crippen LogP contribution in [0.3, 0.4) is 0 Å². The third kappa shape index (κ3) is 4.21. The molecule has 0 unspecified atom stereocenters. The molecular formula is C17H27N3O. The van der Waals surface area contributed by atoms with Gasteiger partial charge in [-0.1, -0.05) is 0 Å². The molecular weight excluding hydrogens is 262 g/mol. The van der Waals surface area contributed by atoms with Gasteiger partial charge >= 0.3 is 0 Å². The van der Waals surface area contributed by atoms with Crippen molar-refractivity contribution < 1.29 is 4.79 Å². The molecule has 1 aliphatic heterocycles. The highest BCUT2D eigenvalue weighted by Crippen LogP contribution is 2.15. The van der Waals surface area contributed by atoms with Crippen LogP contribution in [0.5, 0.6) is 0 Å². The minimum absolute atomic E-state index is 0.0447. The predicted octanol–water partition coefficient (Wildman–Crippen LogP) is 2.36. The van der Waals surface area contributed by atoms with Gasteiger partial charge in [0.25, 0.3) is 5.91 Å². The molecule has 4 heteroatoms. The van der Waals surface area contributed by atoms with Crippen molar-refractivity contribution >= 4 is 11.6 Å². The van der Waals surface area contributed by atoms with E-state index in [0.29, 0.717) is 12.1 Å². The highest BCUT2D eigenvalue weighted by atomic mass is 16.1. The van der Waals surface area contributed by atoms with Crippen molar-refractivity contribution in [3.05, 3.63) is 29.8 Å². The fourth-order valence-electron chi connectivity index (χ4n) is 2.74. The molecule has 0 aliphatic carbocycles. The van der Waals surface area contributed by atoms with E-state index < -0.39 is 0 Å². The number of benzene rings is 1. The molecule has 0 bridgehead atoms. The van der Waals surface area contributed by atoms with Crippen LogP contribution in [0, 0.1) is 0 Å². The van der Waals surface area contributed by atoms with Gasteiger partial charge in [-0.05, 0) is 51.0 Å². The summed E-state index contributed by atoms with van der Waals surface area (Å²) in [6.45, 7) is 6.60. The van der Waals surface area contributed by atoms with Gasteiger partial charge in [0.15, 0.2) is 0 Å². The van der Waals surface area contributed by atoms with Crippen LogP contribution in [0.15, 0.2) is 24.3 Å². The zero-order valence-corrected chi connectivity index (χ0v) is 13.6. The average Bonchev–Trinajstić information content (AvgIpc) is 2.47. The SMILES string of the molecule is CC(C)N1CCC(NC(=O)c2ccc(N(C)C)cc2)CC1. The van der Waals surface area contributed by atoms with E-state index in [1.807, 2.05) is 43.3 Å². The number of hydrogen-bond donors (Lipinski definition) is 1. The fourth-order valence-corrected chi connectivity index (χ4v) is 2.74. The summed E-state index contributed by atoms with van der Waals surface area (Å²) in [6.07, 6.45) is 2.08. The number of amides is 1. The molecule has 116 valence electrons. The number of nitrogens with one attached hydrogen (secondary N) is 1. The van der Waals surface area contributed by atoms with E-state index in [1.165, 1.54) is 0 Å². The van der Waals surface area contributed by atoms with E-state index in [1.54, 1.807) is 0 Å². The first-order valence-electron chi connectivity index (χ1n) is 7.79. The lowest BCUT2D eigenvalue weighted by Crippen LogP contribution is -2.46. The number of nitrogens with zero attached hydrogens (tertiary/aromatic N) is 2. The summed E-state index contributed by atoms with van der Waals surface area (Å²) >= 11 is 0. The normalized spacial score (nSPS) is 17.0. The lowest BCUT2D eigenvalue weighted by molar-refractivity contribution is 0.0900. The van der Waals surface area contributed by atoms with Crippen molar-refractivity contribution in [2.45, 2.75) is 38.8 Å². The monoisotopic (exact) mass is 289 g/mol. The van der Waals surface area contributed by atoms with E-state index in [0.717, 1.165) is 37.2 Å². The summed E-state index contributed by atoms with van der Waals surface area (Å²) in [5.41, 5.74) is 1.85. The first-order chi connectivity index (χ1) is 9.97. The van der Waals surface area contributed by atoms with Crippen molar-refractivity contribution in [3.8, 4) is 0 Å². The Morgan fingerprint density at radius 1 is 1.19 bits per heavy atom. The van der Waals surface area contributed by atoms with Gasteiger partial charge in [-0.15, -0.1) is 0 Å². The Bertz CT molecular complexity index is 459. The maximum absolute atomic E-state index is 12.3. The lowest BCUT2D eigenvalue weighted by atomic mass is 10.0. The van der Waals surface area contributed by atoms with Crippen molar-refractivity contribution in [1.82, 2.24) is 10.2 Å². The van der Waals surface area contributed by atoms with E-state index in [4.69, 9.17) is 0 Å². The minimum Gasteiger partial charge on any atom is -0.378 e. The molecule has 2 rings (SSSR count). The second-order valence-electron chi connectivity index (χ2n) is 6.32. The standard InChI is InChI=1S/C17H27N3O/c1-13(2)20-11-9-15(10-12-20)18-17(21)14-5-7-16(8-6-14)19(3)4/h5-8,13,15H,9-12H2,1-4H3,(H,18,21). The van der Waals surface area contributed by atoms with Gasteiger partial charge in [0.2, 0.25) is 0 Å². The largest absolute Gasteiger partial charge is 0.378 e. The Hall–Kier alpha value is -1.55. The number of carbonyl (C=O) groups is 1. The van der Waals surface area contributed by atoms with Gasteiger partial charge in [0.05, 0.1) is 0 Å². The lowest BCUT2D eigenvalue weighted by Gasteiger charge is -2.34. The minimum atomic E-state index is 0.0447. The molecule has 1 fully saturated rings. The third-order valence-corrected chi connectivity index (χ3v) is 4.24. The number of anilines is 1. The van der Waals surface area contributed by atoms with Gasteiger partial charge in [-0.25, -0.2) is 0 Å². The van der Waals surface area contributed by atoms with E-state index in [9.17, 15) is 4.79 Å². The molecule has 1 heterocycles. The summed E-state index contributed by atoms with van der Waals surface area (Å²) in [5, 5.41) is 3.16. The van der Waals surface area contributed by atoms with Crippen LogP contribution in [-0.4, -0.2) is 50.1 Å². The van der Waals surface area contributed by atoms with Crippen molar-refractivity contribution in [3.63, 3.8) is 0 Å². The maximum Gasteiger partial charge on any atom is 0.251 e. The van der Waals surface area contributed by atoms with E-state index in [2.05, 4.69) is 24.1 Å². The first kappa shape index (κ1) is 15.8. The van der Waals surface area contributed by atoms with Gasteiger partial charge in [-0.2, -0.15) is 0 Å². The van der Waals surface area contributed by atoms with Gasteiger partial charge in [0, 0.05) is 50.5 Å². The molecule has 0 spiro atoms. The van der Waals surface area contributed by atoms with Gasteiger partial charge in [-0.3, -0.25) is 4.79 Å². The Labute approximate surface area is 128 Å². The fraction of sp³-hybridized carbons (Fsp3) is 0.588. The highest BCUT2D eigenvalue weighted by Gasteiger charge is 2.22. The predicted molar refractivity (Wildman–Crippen MR) is 88.0 cm³/mol. The summed E-state index contributed by atoms with van der Waals surface area (Å²) in [6, 6.07) is 8.66. The molecule has 1 aromatic carbocycles. The molecule has 1 saturated heterocycles. The van der Waals surface area contributed by atoms with Gasteiger partial charge in [0.1, 0.15) is 0 Å². The van der Waals surface area contributed by atoms with E-state index in [-0.39, 0.29) is 5.91 Å². The Kier molecular flexibility index (Phi) is 5.23. The Morgan fingerprint density at radius 3 is 2.24 bits per heavy atom. The summed E-state index contributed by atoms with van der Waals surface area (Å²) in [4.78, 5) is 16.8. The molecule has 21 heavy (non-hydrogen) atoms. The van der Waals surface area contributed by atoms with Crippen LogP contribution >= 0.6 is 0 Å². The molecule has 1 N–H and O–H groups in total. The molecule has 1 amide bonds. The highest BCUT2D eigenvalue weighted by molar-refractivity contribution is 5.94. The molecule has 0 aromatic heterocycles. The molecule has 0 atom stereocenters. The first-order valence-corrected chi connectivity index (χ1v) is 7.79. The molecule has 4 nitrogen and oxygen atoms in total. The van der Waals surface area contributed by atoms with Gasteiger partial charge < -0.3 is 15.1 Å². The number of hydrogen-bond acceptors (Lipinski definition) is 3. The van der Waals surface area contributed by atoms with Crippen LogP contribution in [0.25, 0.3) is 0 Å². The molecule has 0 radical (unpaired) electrons. The molecule has 1 aliphatic rings. The zero-order chi connectivity index (χ0) is 15.4. The zero-order valence-electron chi connectivity index (χ0n) is 13.6. The van der Waals surface area contributed by atoms with Crippen LogP contribution in [0.4, 0.5) is 5.69 Å². The molecule has 1 aromatic rings. The second kappa shape index (κ2) is 6.94. The quantitative estimate of drug-likeness (QED) is 0.924. The van der Waals surface area contributed by atoms with Crippen LogP contribution in [0.2, 0.25) is 0 Å². The number of rotatable bonds is 4. The van der Waals surface area contributed by atoms with Crippen LogP contribution < -0.4 is 10.2 Å². The summed E-state index contributed by atoms with van der Waals surface area (Å²) < 4.78 is 0. The molecule has 0 saturated carbocycles. The van der Waals surface area contributed by atoms with Crippen molar-refractivity contribution in [2.75, 3.05) is 32.1 Å².